The maximum absolute atomic E-state index is 14.0. The maximum atomic E-state index is 14.0. The van der Waals surface area contributed by atoms with Gasteiger partial charge in [-0.2, -0.15) is 0 Å². The summed E-state index contributed by atoms with van der Waals surface area (Å²) in [5.41, 5.74) is -5.26. The summed E-state index contributed by atoms with van der Waals surface area (Å²) in [5, 5.41) is 39.4. The highest BCUT2D eigenvalue weighted by atomic mass is 16.5. The molecule has 2 N–H and O–H groups in total. The van der Waals surface area contributed by atoms with E-state index >= 15 is 0 Å². The van der Waals surface area contributed by atoms with Crippen molar-refractivity contribution in [3.8, 4) is 0 Å². The minimum atomic E-state index is -1.91. The molecule has 10 nitrogen and oxygen atoms in total. The Hall–Kier alpha value is -1.30. The Morgan fingerprint density at radius 2 is 1.89 bits per heavy atom. The van der Waals surface area contributed by atoms with Gasteiger partial charge in [0.2, 0.25) is 6.04 Å². The molecule has 1 spiro atoms. The summed E-state index contributed by atoms with van der Waals surface area (Å²) >= 11 is 0. The topological polar surface area (TPSA) is 130 Å². The first kappa shape index (κ1) is 24.1. The fourth-order valence-corrected chi connectivity index (χ4v) is 10.5. The van der Waals surface area contributed by atoms with E-state index in [1.807, 2.05) is 0 Å². The minimum Gasteiger partial charge on any atom is -0.624 e. The summed E-state index contributed by atoms with van der Waals surface area (Å²) in [6.07, 6.45) is 1.75. The smallest absolute Gasteiger partial charge is 0.302 e. The van der Waals surface area contributed by atoms with E-state index in [9.17, 15) is 20.2 Å². The number of hydrogen-bond acceptors (Lipinski definition) is 9. The molecule has 5 aliphatic carbocycles. The van der Waals surface area contributed by atoms with Crippen LogP contribution in [0.25, 0.3) is 0 Å². The zero-order chi connectivity index (χ0) is 25.1. The van der Waals surface area contributed by atoms with Crippen molar-refractivity contribution in [3.05, 3.63) is 5.21 Å². The Balaban J connectivity index is 1.65. The van der Waals surface area contributed by atoms with Crippen molar-refractivity contribution >= 4 is 12.2 Å². The Morgan fingerprint density at radius 3 is 2.49 bits per heavy atom. The average molecular weight is 496 g/mol. The number of ether oxygens (including phenoxy) is 5. The van der Waals surface area contributed by atoms with Crippen LogP contribution in [0.2, 0.25) is 0 Å². The van der Waals surface area contributed by atoms with E-state index in [-0.39, 0.29) is 43.2 Å². The summed E-state index contributed by atoms with van der Waals surface area (Å²) in [6, 6.07) is -0.973. The summed E-state index contributed by atoms with van der Waals surface area (Å²) in [5.74, 6) is -1.39. The molecular weight excluding hydrogens is 458 g/mol. The van der Waals surface area contributed by atoms with E-state index in [1.165, 1.54) is 14.0 Å². The highest BCUT2D eigenvalue weighted by Crippen LogP contribution is 2.79. The fourth-order valence-electron chi connectivity index (χ4n) is 10.5. The molecular formula is C25H37NO9. The second-order valence-corrected chi connectivity index (χ2v) is 11.8. The lowest BCUT2D eigenvalue weighted by Gasteiger charge is -2.64. The van der Waals surface area contributed by atoms with Crippen LogP contribution >= 0.6 is 0 Å². The Labute approximate surface area is 205 Å². The zero-order valence-corrected chi connectivity index (χ0v) is 21.0. The molecule has 6 rings (SSSR count). The molecule has 1 aliphatic heterocycles. The maximum Gasteiger partial charge on any atom is 0.302 e. The lowest BCUT2D eigenvalue weighted by Crippen LogP contribution is -2.80. The normalized spacial score (nSPS) is 57.1. The molecule has 0 aromatic rings. The van der Waals surface area contributed by atoms with E-state index < -0.39 is 52.0 Å². The third-order valence-corrected chi connectivity index (χ3v) is 11.1. The van der Waals surface area contributed by atoms with Crippen molar-refractivity contribution in [1.29, 1.82) is 0 Å². The molecule has 0 aromatic carbocycles. The van der Waals surface area contributed by atoms with Gasteiger partial charge in [0.15, 0.2) is 11.8 Å². The van der Waals surface area contributed by atoms with Gasteiger partial charge in [0.25, 0.3) is 0 Å². The first-order valence-corrected chi connectivity index (χ1v) is 12.6. The molecule has 0 unspecified atom stereocenters. The molecule has 0 radical (unpaired) electrons. The van der Waals surface area contributed by atoms with Gasteiger partial charge in [0.1, 0.15) is 18.3 Å². The molecule has 5 fully saturated rings. The SMILES string of the molecule is CO[C@H]1[C@@H]2C[C@@H]3[C@H]1[C@](O)(C[C@@H]2OC)[C@@]1(O)[C@@H](OC)[C@@H]2[C@]4(COC(C)=O)C=[N+]([O-])[C@H]1[C@]32[C@@H](OC)CC4. The van der Waals surface area contributed by atoms with E-state index in [4.69, 9.17) is 23.7 Å². The van der Waals surface area contributed by atoms with Crippen LogP contribution in [0.15, 0.2) is 0 Å². The van der Waals surface area contributed by atoms with Crippen molar-refractivity contribution in [2.24, 2.45) is 34.5 Å². The quantitative estimate of drug-likeness (QED) is 0.299. The third-order valence-electron chi connectivity index (χ3n) is 11.1. The number of nitrogens with zero attached hydrogens (tertiary/aromatic N) is 1. The second-order valence-electron chi connectivity index (χ2n) is 11.8. The number of esters is 1. The Bertz CT molecular complexity index is 959. The highest BCUT2D eigenvalue weighted by molar-refractivity contribution is 5.69. The predicted molar refractivity (Wildman–Crippen MR) is 120 cm³/mol. The second kappa shape index (κ2) is 7.39. The molecule has 35 heavy (non-hydrogen) atoms. The monoisotopic (exact) mass is 495 g/mol. The first-order chi connectivity index (χ1) is 16.6. The van der Waals surface area contributed by atoms with Crippen LogP contribution in [-0.2, 0) is 28.5 Å². The summed E-state index contributed by atoms with van der Waals surface area (Å²) in [7, 11) is 6.43. The number of hydroxylamine groups is 1. The van der Waals surface area contributed by atoms with Crippen LogP contribution in [0.3, 0.4) is 0 Å². The lowest BCUT2D eigenvalue weighted by molar-refractivity contribution is -0.576. The minimum absolute atomic E-state index is 0.0141. The third kappa shape index (κ3) is 2.38. The molecule has 7 bridgehead atoms. The van der Waals surface area contributed by atoms with Crippen LogP contribution in [-0.4, -0.2) is 104 Å². The van der Waals surface area contributed by atoms with Gasteiger partial charge in [0, 0.05) is 59.5 Å². The van der Waals surface area contributed by atoms with Gasteiger partial charge >= 0.3 is 5.97 Å². The lowest BCUT2D eigenvalue weighted by atomic mass is 9.44. The van der Waals surface area contributed by atoms with Crippen LogP contribution in [0.5, 0.6) is 0 Å². The molecule has 1 heterocycles. The van der Waals surface area contributed by atoms with Gasteiger partial charge in [0.05, 0.1) is 29.1 Å². The average Bonchev–Trinajstić information content (AvgIpc) is 3.25. The molecule has 0 aromatic heterocycles. The van der Waals surface area contributed by atoms with E-state index in [1.54, 1.807) is 27.5 Å². The molecule has 6 aliphatic rings. The van der Waals surface area contributed by atoms with Gasteiger partial charge < -0.3 is 39.1 Å². The van der Waals surface area contributed by atoms with E-state index in [2.05, 4.69) is 0 Å². The fraction of sp³-hybridized carbons (Fsp3) is 0.920. The van der Waals surface area contributed by atoms with E-state index in [0.717, 1.165) is 4.74 Å². The number of hydrogen-bond donors (Lipinski definition) is 2. The number of rotatable bonds is 6. The van der Waals surface area contributed by atoms with Crippen molar-refractivity contribution in [2.75, 3.05) is 35.0 Å². The van der Waals surface area contributed by atoms with E-state index in [0.29, 0.717) is 19.3 Å². The van der Waals surface area contributed by atoms with Crippen molar-refractivity contribution in [1.82, 2.24) is 0 Å². The molecule has 10 heteroatoms. The highest BCUT2D eigenvalue weighted by Gasteiger charge is 2.94. The zero-order valence-electron chi connectivity index (χ0n) is 21.0. The first-order valence-electron chi connectivity index (χ1n) is 12.6. The standard InChI is InChI=1S/C25H37NO9/c1-12(27)35-11-22-7-6-16(32-3)24-14-8-13-15(31-2)9-23(28,17(14)18(13)33-4)25(29,20(34-5)19(22)24)21(24)26(30)10-22/h10,13-21,28-29H,6-9,11H2,1-5H3/t13-,14-,15+,16+,17-,18+,19-,20+,21+,22+,23-,24+,25-/m1/s1. The van der Waals surface area contributed by atoms with Gasteiger partial charge in [-0.3, -0.25) is 4.79 Å². The van der Waals surface area contributed by atoms with Crippen molar-refractivity contribution in [2.45, 2.75) is 74.3 Å². The van der Waals surface area contributed by atoms with Gasteiger partial charge in [-0.25, -0.2) is 4.74 Å². The van der Waals surface area contributed by atoms with Gasteiger partial charge in [-0.15, -0.1) is 0 Å². The molecule has 13 atom stereocenters. The summed E-state index contributed by atoms with van der Waals surface area (Å²) in [4.78, 5) is 11.9. The molecule has 0 saturated heterocycles. The number of fused-ring (bicyclic) bond motifs is 2. The van der Waals surface area contributed by atoms with Crippen molar-refractivity contribution < 1.29 is 43.4 Å². The number of aliphatic hydroxyl groups is 2. The largest absolute Gasteiger partial charge is 0.624 e. The van der Waals surface area contributed by atoms with Crippen LogP contribution in [0.1, 0.15) is 32.6 Å². The van der Waals surface area contributed by atoms with Crippen LogP contribution in [0.4, 0.5) is 0 Å². The van der Waals surface area contributed by atoms with Crippen molar-refractivity contribution in [3.63, 3.8) is 0 Å². The van der Waals surface area contributed by atoms with Crippen LogP contribution in [0, 0.1) is 39.7 Å². The number of carbonyl (C=O) groups excluding carboxylic acids is 1. The summed E-state index contributed by atoms with van der Waals surface area (Å²) in [6.45, 7) is 1.37. The predicted octanol–water partition coefficient (Wildman–Crippen LogP) is 0.101. The number of methoxy groups -OCH3 is 4. The van der Waals surface area contributed by atoms with Crippen LogP contribution < -0.4 is 0 Å². The van der Waals surface area contributed by atoms with Gasteiger partial charge in [-0.1, -0.05) is 0 Å². The Morgan fingerprint density at radius 1 is 1.14 bits per heavy atom. The molecule has 0 amide bonds. The molecule has 5 saturated carbocycles. The summed E-state index contributed by atoms with van der Waals surface area (Å²) < 4.78 is 30.5. The van der Waals surface area contributed by atoms with Gasteiger partial charge in [-0.05, 0) is 25.2 Å². The molecule has 196 valence electrons. The Kier molecular flexibility index (Phi) is 5.08. The number of carbonyl (C=O) groups is 1.